The Labute approximate surface area is 126 Å². The van der Waals surface area contributed by atoms with Crippen LogP contribution in [-0.2, 0) is 23.8 Å². The Bertz CT molecular complexity index is 361. The van der Waals surface area contributed by atoms with E-state index in [9.17, 15) is 9.59 Å². The number of esters is 2. The van der Waals surface area contributed by atoms with E-state index in [1.807, 2.05) is 20.8 Å². The number of carbonyl (C=O) groups excluding carboxylic acids is 2. The predicted octanol–water partition coefficient (Wildman–Crippen LogP) is 1.01. The van der Waals surface area contributed by atoms with Crippen molar-refractivity contribution in [1.82, 2.24) is 4.90 Å². The number of rotatable bonds is 7. The average molecular weight is 299 g/mol. The van der Waals surface area contributed by atoms with Crippen molar-refractivity contribution in [2.45, 2.75) is 26.9 Å². The van der Waals surface area contributed by atoms with Gasteiger partial charge < -0.3 is 14.2 Å². The highest BCUT2D eigenvalue weighted by atomic mass is 16.5. The molecule has 0 aromatic carbocycles. The van der Waals surface area contributed by atoms with Crippen molar-refractivity contribution in [3.8, 4) is 0 Å². The summed E-state index contributed by atoms with van der Waals surface area (Å²) in [6, 6.07) is 0. The number of hydrogen-bond acceptors (Lipinski definition) is 6. The maximum atomic E-state index is 11.4. The summed E-state index contributed by atoms with van der Waals surface area (Å²) in [6.45, 7) is 9.86. The standard InChI is InChI=1S/C15H25NO5/c1-12(2)13(3)21-15(18)5-4-14(17)20-11-8-16-6-9-19-10-7-16/h4-5,12-13H,6-11H2,1-3H3/b5-4+. The third kappa shape index (κ3) is 7.82. The van der Waals surface area contributed by atoms with Gasteiger partial charge in [0.05, 0.1) is 13.2 Å². The van der Waals surface area contributed by atoms with Crippen LogP contribution >= 0.6 is 0 Å². The average Bonchev–Trinajstić information content (AvgIpc) is 2.46. The Morgan fingerprint density at radius 1 is 1.14 bits per heavy atom. The normalized spacial score (nSPS) is 17.9. The summed E-state index contributed by atoms with van der Waals surface area (Å²) < 4.78 is 15.4. The highest BCUT2D eigenvalue weighted by molar-refractivity contribution is 5.91. The lowest BCUT2D eigenvalue weighted by atomic mass is 10.1. The van der Waals surface area contributed by atoms with Gasteiger partial charge in [0.15, 0.2) is 0 Å². The van der Waals surface area contributed by atoms with Crippen molar-refractivity contribution in [2.75, 3.05) is 39.5 Å². The molecule has 0 aliphatic carbocycles. The molecule has 0 spiro atoms. The van der Waals surface area contributed by atoms with E-state index in [2.05, 4.69) is 4.90 Å². The predicted molar refractivity (Wildman–Crippen MR) is 77.8 cm³/mol. The number of carbonyl (C=O) groups is 2. The smallest absolute Gasteiger partial charge is 0.331 e. The summed E-state index contributed by atoms with van der Waals surface area (Å²) in [5.41, 5.74) is 0. The van der Waals surface area contributed by atoms with Gasteiger partial charge in [-0.2, -0.15) is 0 Å². The summed E-state index contributed by atoms with van der Waals surface area (Å²) in [5, 5.41) is 0. The molecule has 0 aromatic rings. The fourth-order valence-corrected chi connectivity index (χ4v) is 1.64. The summed E-state index contributed by atoms with van der Waals surface area (Å²) >= 11 is 0. The van der Waals surface area contributed by atoms with Gasteiger partial charge in [-0.15, -0.1) is 0 Å². The lowest BCUT2D eigenvalue weighted by molar-refractivity contribution is -0.145. The molecule has 0 bridgehead atoms. The van der Waals surface area contributed by atoms with Crippen LogP contribution in [0.2, 0.25) is 0 Å². The Morgan fingerprint density at radius 3 is 2.38 bits per heavy atom. The quantitative estimate of drug-likeness (QED) is 0.516. The molecule has 6 nitrogen and oxygen atoms in total. The van der Waals surface area contributed by atoms with Gasteiger partial charge in [-0.25, -0.2) is 9.59 Å². The van der Waals surface area contributed by atoms with E-state index in [-0.39, 0.29) is 12.0 Å². The second-order valence-electron chi connectivity index (χ2n) is 5.34. The van der Waals surface area contributed by atoms with Crippen molar-refractivity contribution in [2.24, 2.45) is 5.92 Å². The van der Waals surface area contributed by atoms with Crippen LogP contribution in [-0.4, -0.2) is 62.4 Å². The lowest BCUT2D eigenvalue weighted by Gasteiger charge is -2.25. The maximum absolute atomic E-state index is 11.4. The van der Waals surface area contributed by atoms with Crippen LogP contribution in [0.5, 0.6) is 0 Å². The van der Waals surface area contributed by atoms with Gasteiger partial charge in [0.25, 0.3) is 0 Å². The minimum absolute atomic E-state index is 0.181. The molecule has 1 atom stereocenters. The molecule has 0 amide bonds. The van der Waals surface area contributed by atoms with E-state index >= 15 is 0 Å². The van der Waals surface area contributed by atoms with Crippen molar-refractivity contribution >= 4 is 11.9 Å². The Morgan fingerprint density at radius 2 is 1.76 bits per heavy atom. The van der Waals surface area contributed by atoms with Gasteiger partial charge in [0.2, 0.25) is 0 Å². The zero-order valence-electron chi connectivity index (χ0n) is 13.0. The van der Waals surface area contributed by atoms with E-state index in [0.29, 0.717) is 26.4 Å². The molecule has 1 unspecified atom stereocenters. The molecule has 0 aromatic heterocycles. The molecule has 1 heterocycles. The van der Waals surface area contributed by atoms with Gasteiger partial charge in [0, 0.05) is 31.8 Å². The first-order chi connectivity index (χ1) is 9.99. The largest absolute Gasteiger partial charge is 0.461 e. The summed E-state index contributed by atoms with van der Waals surface area (Å²) in [4.78, 5) is 25.1. The maximum Gasteiger partial charge on any atom is 0.331 e. The monoisotopic (exact) mass is 299 g/mol. The number of hydrogen-bond donors (Lipinski definition) is 0. The van der Waals surface area contributed by atoms with Crippen LogP contribution < -0.4 is 0 Å². The third-order valence-corrected chi connectivity index (χ3v) is 3.35. The molecule has 6 heteroatoms. The van der Waals surface area contributed by atoms with Crippen LogP contribution in [0.3, 0.4) is 0 Å². The van der Waals surface area contributed by atoms with E-state index < -0.39 is 11.9 Å². The molecule has 0 radical (unpaired) electrons. The second kappa shape index (κ2) is 9.52. The molecule has 0 N–H and O–H groups in total. The number of nitrogens with zero attached hydrogens (tertiary/aromatic N) is 1. The first kappa shape index (κ1) is 17.7. The van der Waals surface area contributed by atoms with E-state index in [4.69, 9.17) is 14.2 Å². The molecular weight excluding hydrogens is 274 g/mol. The van der Waals surface area contributed by atoms with Crippen LogP contribution in [0.15, 0.2) is 12.2 Å². The molecule has 1 fully saturated rings. The van der Waals surface area contributed by atoms with Crippen molar-refractivity contribution in [3.05, 3.63) is 12.2 Å². The van der Waals surface area contributed by atoms with Gasteiger partial charge in [-0.05, 0) is 12.8 Å². The summed E-state index contributed by atoms with van der Waals surface area (Å²) in [5.74, 6) is -0.818. The molecule has 1 saturated heterocycles. The first-order valence-electron chi connectivity index (χ1n) is 7.34. The van der Waals surface area contributed by atoms with Crippen LogP contribution in [0.1, 0.15) is 20.8 Å². The minimum Gasteiger partial charge on any atom is -0.461 e. The summed E-state index contributed by atoms with van der Waals surface area (Å²) in [7, 11) is 0. The molecule has 120 valence electrons. The van der Waals surface area contributed by atoms with Crippen molar-refractivity contribution in [1.29, 1.82) is 0 Å². The molecule has 1 aliphatic heterocycles. The Balaban J connectivity index is 2.17. The first-order valence-corrected chi connectivity index (χ1v) is 7.34. The van der Waals surface area contributed by atoms with E-state index in [1.165, 1.54) is 0 Å². The topological polar surface area (TPSA) is 65.1 Å². The molecular formula is C15H25NO5. The van der Waals surface area contributed by atoms with Crippen molar-refractivity contribution < 1.29 is 23.8 Å². The van der Waals surface area contributed by atoms with Crippen LogP contribution in [0.4, 0.5) is 0 Å². The van der Waals surface area contributed by atoms with Gasteiger partial charge in [0.1, 0.15) is 12.7 Å². The zero-order valence-corrected chi connectivity index (χ0v) is 13.0. The van der Waals surface area contributed by atoms with E-state index in [0.717, 1.165) is 25.2 Å². The van der Waals surface area contributed by atoms with Crippen LogP contribution in [0, 0.1) is 5.92 Å². The highest BCUT2D eigenvalue weighted by Gasteiger charge is 2.12. The van der Waals surface area contributed by atoms with Gasteiger partial charge >= 0.3 is 11.9 Å². The lowest BCUT2D eigenvalue weighted by Crippen LogP contribution is -2.38. The van der Waals surface area contributed by atoms with Crippen LogP contribution in [0.25, 0.3) is 0 Å². The Kier molecular flexibility index (Phi) is 8.00. The molecule has 1 aliphatic rings. The minimum atomic E-state index is -0.530. The third-order valence-electron chi connectivity index (χ3n) is 3.35. The molecule has 1 rings (SSSR count). The van der Waals surface area contributed by atoms with Gasteiger partial charge in [-0.1, -0.05) is 13.8 Å². The van der Waals surface area contributed by atoms with Gasteiger partial charge in [-0.3, -0.25) is 4.90 Å². The second-order valence-corrected chi connectivity index (χ2v) is 5.34. The fourth-order valence-electron chi connectivity index (χ4n) is 1.64. The number of ether oxygens (including phenoxy) is 3. The van der Waals surface area contributed by atoms with E-state index in [1.54, 1.807) is 0 Å². The number of morpholine rings is 1. The Hall–Kier alpha value is -1.40. The SMILES string of the molecule is CC(C)C(C)OC(=O)/C=C/C(=O)OCCN1CCOCC1. The fraction of sp³-hybridized carbons (Fsp3) is 0.733. The molecule has 0 saturated carbocycles. The molecule has 21 heavy (non-hydrogen) atoms. The van der Waals surface area contributed by atoms with Crippen molar-refractivity contribution in [3.63, 3.8) is 0 Å². The zero-order chi connectivity index (χ0) is 15.7. The highest BCUT2D eigenvalue weighted by Crippen LogP contribution is 2.05. The summed E-state index contributed by atoms with van der Waals surface area (Å²) in [6.07, 6.45) is 2.03.